The molecule has 4 aromatic rings. The average Bonchev–Trinajstić information content (AvgIpc) is 3.44. The third-order valence-corrected chi connectivity index (χ3v) is 6.47. The lowest BCUT2D eigenvalue weighted by molar-refractivity contribution is -0.117. The van der Waals surface area contributed by atoms with Crippen molar-refractivity contribution >= 4 is 28.5 Å². The summed E-state index contributed by atoms with van der Waals surface area (Å²) in [4.78, 5) is 25.5. The molecular weight excluding hydrogens is 440 g/mol. The number of aromatic nitrogens is 2. The van der Waals surface area contributed by atoms with Crippen molar-refractivity contribution in [1.29, 1.82) is 0 Å². The summed E-state index contributed by atoms with van der Waals surface area (Å²) in [6.07, 6.45) is 0. The van der Waals surface area contributed by atoms with Crippen LogP contribution in [0.15, 0.2) is 72.8 Å². The van der Waals surface area contributed by atoms with E-state index in [-0.39, 0.29) is 23.9 Å². The van der Waals surface area contributed by atoms with Crippen LogP contribution in [0.2, 0.25) is 0 Å². The van der Waals surface area contributed by atoms with E-state index in [4.69, 9.17) is 0 Å². The van der Waals surface area contributed by atoms with Gasteiger partial charge >= 0.3 is 6.03 Å². The number of urea groups is 1. The highest BCUT2D eigenvalue weighted by Gasteiger charge is 2.28. The third kappa shape index (κ3) is 4.88. The number of H-pyrrole nitrogens is 1. The molecular formula is C27H28N6O2. The number of hydrogen-bond acceptors (Lipinski definition) is 4. The van der Waals surface area contributed by atoms with Crippen molar-refractivity contribution in [2.24, 2.45) is 0 Å². The first kappa shape index (κ1) is 22.6. The van der Waals surface area contributed by atoms with E-state index in [1.807, 2.05) is 74.5 Å². The number of nitrogens with one attached hydrogen (secondary N) is 4. The predicted molar refractivity (Wildman–Crippen MR) is 135 cm³/mol. The second-order valence-electron chi connectivity index (χ2n) is 8.92. The minimum Gasteiger partial charge on any atom is -0.331 e. The van der Waals surface area contributed by atoms with Crippen LogP contribution >= 0.6 is 0 Å². The molecule has 3 aromatic carbocycles. The van der Waals surface area contributed by atoms with Crippen LogP contribution in [0.3, 0.4) is 0 Å². The van der Waals surface area contributed by atoms with Crippen molar-refractivity contribution in [3.8, 4) is 0 Å². The fourth-order valence-corrected chi connectivity index (χ4v) is 4.37. The molecule has 1 aliphatic rings. The fourth-order valence-electron chi connectivity index (χ4n) is 4.37. The average molecular weight is 469 g/mol. The minimum absolute atomic E-state index is 0.121. The molecule has 0 spiro atoms. The van der Waals surface area contributed by atoms with Crippen LogP contribution in [-0.4, -0.2) is 27.1 Å². The molecule has 2 atom stereocenters. The van der Waals surface area contributed by atoms with E-state index in [0.29, 0.717) is 18.9 Å². The molecule has 0 bridgehead atoms. The number of fused-ring (bicyclic) bond motifs is 2. The summed E-state index contributed by atoms with van der Waals surface area (Å²) in [5, 5.41) is 17.2. The van der Waals surface area contributed by atoms with E-state index in [1.54, 1.807) is 5.01 Å². The zero-order chi connectivity index (χ0) is 24.4. The maximum atomic E-state index is 13.0. The second kappa shape index (κ2) is 9.60. The molecule has 0 aliphatic carbocycles. The summed E-state index contributed by atoms with van der Waals surface area (Å²) in [6.45, 7) is 4.75. The number of rotatable bonds is 6. The Bertz CT molecular complexity index is 1370. The lowest BCUT2D eigenvalue weighted by Crippen LogP contribution is -2.45. The Hall–Kier alpha value is -4.17. The number of hydrogen-bond donors (Lipinski definition) is 4. The molecule has 5 rings (SSSR count). The molecule has 8 heteroatoms. The molecule has 2 unspecified atom stereocenters. The highest BCUT2D eigenvalue weighted by atomic mass is 16.2. The van der Waals surface area contributed by atoms with E-state index in [9.17, 15) is 9.59 Å². The number of hydrazine groups is 1. The van der Waals surface area contributed by atoms with Crippen molar-refractivity contribution in [3.05, 3.63) is 95.2 Å². The Kier molecular flexibility index (Phi) is 6.20. The normalized spacial score (nSPS) is 14.8. The van der Waals surface area contributed by atoms with Crippen LogP contribution in [-0.2, 0) is 17.9 Å². The van der Waals surface area contributed by atoms with Crippen molar-refractivity contribution < 1.29 is 9.59 Å². The van der Waals surface area contributed by atoms with Gasteiger partial charge in [0, 0.05) is 12.1 Å². The number of carbonyl (C=O) groups is 2. The number of carbonyl (C=O) groups excluding carboxylic acids is 2. The molecule has 4 N–H and O–H groups in total. The fraction of sp³-hybridized carbons (Fsp3) is 0.222. The van der Waals surface area contributed by atoms with Crippen LogP contribution in [0.25, 0.3) is 10.8 Å². The van der Waals surface area contributed by atoms with Crippen LogP contribution in [0.4, 0.5) is 10.6 Å². The quantitative estimate of drug-likeness (QED) is 0.332. The van der Waals surface area contributed by atoms with Crippen LogP contribution < -0.4 is 16.1 Å². The van der Waals surface area contributed by atoms with Gasteiger partial charge in [0.15, 0.2) is 5.82 Å². The van der Waals surface area contributed by atoms with Gasteiger partial charge in [-0.2, -0.15) is 5.10 Å². The minimum atomic E-state index is -0.340. The van der Waals surface area contributed by atoms with Gasteiger partial charge in [-0.3, -0.25) is 15.3 Å². The maximum absolute atomic E-state index is 13.0. The number of benzene rings is 3. The zero-order valence-electron chi connectivity index (χ0n) is 19.7. The summed E-state index contributed by atoms with van der Waals surface area (Å²) in [6, 6.07) is 23.6. The molecule has 2 heterocycles. The topological polar surface area (TPSA) is 102 Å². The largest absolute Gasteiger partial charge is 0.331 e. The van der Waals surface area contributed by atoms with Crippen molar-refractivity contribution in [3.63, 3.8) is 0 Å². The van der Waals surface area contributed by atoms with E-state index in [2.05, 4.69) is 38.4 Å². The molecule has 178 valence electrons. The Balaban J connectivity index is 1.19. The van der Waals surface area contributed by atoms with E-state index < -0.39 is 0 Å². The van der Waals surface area contributed by atoms with Gasteiger partial charge in [-0.1, -0.05) is 72.8 Å². The molecule has 3 amide bonds. The number of aromatic amines is 1. The summed E-state index contributed by atoms with van der Waals surface area (Å²) >= 11 is 0. The van der Waals surface area contributed by atoms with Gasteiger partial charge in [-0.25, -0.2) is 9.80 Å². The first-order valence-electron chi connectivity index (χ1n) is 11.7. The Labute approximate surface area is 203 Å². The van der Waals surface area contributed by atoms with Crippen molar-refractivity contribution in [2.75, 3.05) is 5.32 Å². The number of anilines is 1. The summed E-state index contributed by atoms with van der Waals surface area (Å²) in [5.74, 6) is 0.0308. The third-order valence-electron chi connectivity index (χ3n) is 6.47. The van der Waals surface area contributed by atoms with Gasteiger partial charge in [0.2, 0.25) is 5.91 Å². The van der Waals surface area contributed by atoms with Crippen LogP contribution in [0, 0.1) is 0 Å². The van der Waals surface area contributed by atoms with Gasteiger partial charge in [-0.05, 0) is 35.7 Å². The smallest absolute Gasteiger partial charge is 0.329 e. The summed E-state index contributed by atoms with van der Waals surface area (Å²) in [5.41, 5.74) is 6.60. The molecule has 0 saturated carbocycles. The van der Waals surface area contributed by atoms with Crippen LogP contribution in [0.1, 0.15) is 48.2 Å². The SMILES string of the molecule is CC(NC(=O)NN1Cc2[nH]nc(NC(=O)C(C)c3ccc4ccccc4c3)c2C1)c1ccccc1. The zero-order valence-corrected chi connectivity index (χ0v) is 19.7. The highest BCUT2D eigenvalue weighted by Crippen LogP contribution is 2.28. The predicted octanol–water partition coefficient (Wildman–Crippen LogP) is 4.60. The van der Waals surface area contributed by atoms with Crippen molar-refractivity contribution in [1.82, 2.24) is 25.9 Å². The van der Waals surface area contributed by atoms with Gasteiger partial charge in [-0.15, -0.1) is 0 Å². The maximum Gasteiger partial charge on any atom is 0.329 e. The van der Waals surface area contributed by atoms with E-state index >= 15 is 0 Å². The molecule has 8 nitrogen and oxygen atoms in total. The van der Waals surface area contributed by atoms with Gasteiger partial charge in [0.25, 0.3) is 0 Å². The van der Waals surface area contributed by atoms with Gasteiger partial charge in [0.1, 0.15) is 0 Å². The second-order valence-corrected chi connectivity index (χ2v) is 8.92. The summed E-state index contributed by atoms with van der Waals surface area (Å²) < 4.78 is 0. The molecule has 0 radical (unpaired) electrons. The first-order chi connectivity index (χ1) is 17.0. The Morgan fingerprint density at radius 3 is 2.46 bits per heavy atom. The lowest BCUT2D eigenvalue weighted by Gasteiger charge is -2.20. The van der Waals surface area contributed by atoms with Crippen molar-refractivity contribution in [2.45, 2.75) is 38.9 Å². The molecule has 1 aromatic heterocycles. The number of nitrogens with zero attached hydrogens (tertiary/aromatic N) is 2. The first-order valence-corrected chi connectivity index (χ1v) is 11.7. The molecule has 35 heavy (non-hydrogen) atoms. The van der Waals surface area contributed by atoms with E-state index in [0.717, 1.165) is 33.2 Å². The Morgan fingerprint density at radius 2 is 1.66 bits per heavy atom. The monoisotopic (exact) mass is 468 g/mol. The van der Waals surface area contributed by atoms with Gasteiger partial charge < -0.3 is 10.6 Å². The van der Waals surface area contributed by atoms with Crippen LogP contribution in [0.5, 0.6) is 0 Å². The highest BCUT2D eigenvalue weighted by molar-refractivity contribution is 5.96. The van der Waals surface area contributed by atoms with E-state index in [1.165, 1.54) is 0 Å². The molecule has 1 aliphatic heterocycles. The number of amides is 3. The Morgan fingerprint density at radius 1 is 0.914 bits per heavy atom. The molecule has 0 fully saturated rings. The lowest BCUT2D eigenvalue weighted by atomic mass is 9.97. The summed E-state index contributed by atoms with van der Waals surface area (Å²) in [7, 11) is 0. The molecule has 0 saturated heterocycles. The van der Waals surface area contributed by atoms with Gasteiger partial charge in [0.05, 0.1) is 24.2 Å². The standard InChI is InChI=1S/C27H28N6O2/c1-17(21-13-12-20-10-6-7-11-22(20)14-21)26(34)29-25-23-15-33(16-24(23)30-31-25)32-27(35)28-18(2)19-8-4-3-5-9-19/h3-14,17-18H,15-16H2,1-2H3,(H2,28,32,35)(H2,29,30,31,34).